The first-order valence-electron chi connectivity index (χ1n) is 9.34. The molecule has 7 heteroatoms. The molecule has 0 radical (unpaired) electrons. The molecule has 3 rings (SSSR count). The molecular formula is C20H27N5O2. The molecule has 1 saturated carbocycles. The largest absolute Gasteiger partial charge is 0.365 e. The van der Waals surface area contributed by atoms with Gasteiger partial charge >= 0.3 is 0 Å². The fourth-order valence-corrected chi connectivity index (χ4v) is 2.83. The summed E-state index contributed by atoms with van der Waals surface area (Å²) in [5, 5.41) is 6.10. The molecule has 7 nitrogen and oxygen atoms in total. The standard InChI is InChI=1S/C20H27N5O2/c1-14-5-6-15(19(26)23-16-7-8-16)13-17(14)25-12-10-22-18(20(25)27)21-9-4-11-24(2)3/h5-6,10,12-13,16H,4,7-9,11H2,1-3H3,(H,21,22)(H,23,26). The Labute approximate surface area is 159 Å². The van der Waals surface area contributed by atoms with Gasteiger partial charge in [0.1, 0.15) is 0 Å². The molecule has 1 aromatic carbocycles. The summed E-state index contributed by atoms with van der Waals surface area (Å²) in [7, 11) is 4.03. The van der Waals surface area contributed by atoms with E-state index >= 15 is 0 Å². The van der Waals surface area contributed by atoms with Crippen LogP contribution in [0.2, 0.25) is 0 Å². The number of nitrogens with zero attached hydrogens (tertiary/aromatic N) is 3. The third-order valence-corrected chi connectivity index (χ3v) is 4.56. The van der Waals surface area contributed by atoms with Crippen molar-refractivity contribution in [2.24, 2.45) is 0 Å². The van der Waals surface area contributed by atoms with E-state index < -0.39 is 0 Å². The molecule has 0 aliphatic heterocycles. The smallest absolute Gasteiger partial charge is 0.297 e. The summed E-state index contributed by atoms with van der Waals surface area (Å²) in [6.07, 6.45) is 6.23. The van der Waals surface area contributed by atoms with Crippen LogP contribution in [0.5, 0.6) is 0 Å². The summed E-state index contributed by atoms with van der Waals surface area (Å²) >= 11 is 0. The van der Waals surface area contributed by atoms with Gasteiger partial charge in [-0.2, -0.15) is 0 Å². The first-order chi connectivity index (χ1) is 13.0. The van der Waals surface area contributed by atoms with Crippen molar-refractivity contribution in [1.82, 2.24) is 19.8 Å². The van der Waals surface area contributed by atoms with Crippen molar-refractivity contribution in [2.75, 3.05) is 32.5 Å². The first kappa shape index (κ1) is 19.1. The summed E-state index contributed by atoms with van der Waals surface area (Å²) in [5.41, 5.74) is 1.96. The molecule has 1 fully saturated rings. The number of carbonyl (C=O) groups is 1. The van der Waals surface area contributed by atoms with Gasteiger partial charge in [-0.05, 0) is 64.5 Å². The molecule has 27 heavy (non-hydrogen) atoms. The molecule has 0 saturated heterocycles. The molecule has 1 aromatic heterocycles. The van der Waals surface area contributed by atoms with Gasteiger partial charge in [0.05, 0.1) is 5.69 Å². The summed E-state index contributed by atoms with van der Waals surface area (Å²) in [4.78, 5) is 31.5. The van der Waals surface area contributed by atoms with E-state index in [1.807, 2.05) is 27.1 Å². The van der Waals surface area contributed by atoms with E-state index in [1.54, 1.807) is 29.1 Å². The third-order valence-electron chi connectivity index (χ3n) is 4.56. The van der Waals surface area contributed by atoms with E-state index in [4.69, 9.17) is 0 Å². The zero-order valence-electron chi connectivity index (χ0n) is 16.2. The zero-order valence-corrected chi connectivity index (χ0v) is 16.2. The van der Waals surface area contributed by atoms with Crippen LogP contribution in [0.3, 0.4) is 0 Å². The Morgan fingerprint density at radius 1 is 1.33 bits per heavy atom. The lowest BCUT2D eigenvalue weighted by Crippen LogP contribution is -2.27. The number of aromatic nitrogens is 2. The molecule has 2 aromatic rings. The number of nitrogens with one attached hydrogen (secondary N) is 2. The monoisotopic (exact) mass is 369 g/mol. The van der Waals surface area contributed by atoms with Gasteiger partial charge in [-0.1, -0.05) is 6.07 Å². The van der Waals surface area contributed by atoms with Crippen LogP contribution in [0.15, 0.2) is 35.4 Å². The summed E-state index contributed by atoms with van der Waals surface area (Å²) < 4.78 is 1.55. The van der Waals surface area contributed by atoms with Crippen molar-refractivity contribution in [1.29, 1.82) is 0 Å². The second-order valence-corrected chi connectivity index (χ2v) is 7.28. The lowest BCUT2D eigenvalue weighted by molar-refractivity contribution is 0.0951. The maximum atomic E-state index is 12.8. The van der Waals surface area contributed by atoms with Crippen molar-refractivity contribution in [3.63, 3.8) is 0 Å². The van der Waals surface area contributed by atoms with Gasteiger partial charge in [0.25, 0.3) is 11.5 Å². The van der Waals surface area contributed by atoms with Gasteiger partial charge in [0, 0.05) is 30.5 Å². The SMILES string of the molecule is Cc1ccc(C(=O)NC2CC2)cc1-n1ccnc(NCCCN(C)C)c1=O. The number of amides is 1. The zero-order chi connectivity index (χ0) is 19.4. The summed E-state index contributed by atoms with van der Waals surface area (Å²) in [5.74, 6) is 0.228. The van der Waals surface area contributed by atoms with E-state index in [-0.39, 0.29) is 11.5 Å². The molecule has 1 heterocycles. The lowest BCUT2D eigenvalue weighted by atomic mass is 10.1. The van der Waals surface area contributed by atoms with E-state index in [2.05, 4.69) is 20.5 Å². The number of hydrogen-bond donors (Lipinski definition) is 2. The number of rotatable bonds is 8. The van der Waals surface area contributed by atoms with Crippen LogP contribution < -0.4 is 16.2 Å². The predicted molar refractivity (Wildman–Crippen MR) is 107 cm³/mol. The molecule has 1 aliphatic rings. The molecule has 1 aliphatic carbocycles. The van der Waals surface area contributed by atoms with E-state index in [9.17, 15) is 9.59 Å². The maximum absolute atomic E-state index is 12.8. The summed E-state index contributed by atoms with van der Waals surface area (Å²) in [6, 6.07) is 5.73. The minimum Gasteiger partial charge on any atom is -0.365 e. The van der Waals surface area contributed by atoms with E-state index in [0.717, 1.165) is 31.4 Å². The normalized spacial score (nSPS) is 13.6. The van der Waals surface area contributed by atoms with Gasteiger partial charge in [0.15, 0.2) is 5.82 Å². The molecule has 144 valence electrons. The maximum Gasteiger partial charge on any atom is 0.297 e. The third kappa shape index (κ3) is 4.95. The number of anilines is 1. The Kier molecular flexibility index (Phi) is 5.91. The van der Waals surface area contributed by atoms with E-state index in [1.165, 1.54) is 0 Å². The first-order valence-corrected chi connectivity index (χ1v) is 9.34. The minimum atomic E-state index is -0.217. The Balaban J connectivity index is 1.81. The van der Waals surface area contributed by atoms with Crippen LogP contribution in [-0.4, -0.2) is 53.6 Å². The predicted octanol–water partition coefficient (Wildman–Crippen LogP) is 1.80. The van der Waals surface area contributed by atoms with Crippen molar-refractivity contribution < 1.29 is 4.79 Å². The molecule has 0 spiro atoms. The Morgan fingerprint density at radius 2 is 2.11 bits per heavy atom. The number of hydrogen-bond acceptors (Lipinski definition) is 5. The highest BCUT2D eigenvalue weighted by atomic mass is 16.2. The molecule has 0 atom stereocenters. The van der Waals surface area contributed by atoms with Crippen LogP contribution in [0.25, 0.3) is 5.69 Å². The summed E-state index contributed by atoms with van der Waals surface area (Å²) in [6.45, 7) is 3.54. The highest BCUT2D eigenvalue weighted by Gasteiger charge is 2.24. The van der Waals surface area contributed by atoms with E-state index in [0.29, 0.717) is 29.7 Å². The number of aryl methyl sites for hydroxylation is 1. The van der Waals surface area contributed by atoms with Gasteiger partial charge in [-0.25, -0.2) is 4.98 Å². The fraction of sp³-hybridized carbons (Fsp3) is 0.450. The van der Waals surface area contributed by atoms with Crippen molar-refractivity contribution in [3.8, 4) is 5.69 Å². The van der Waals surface area contributed by atoms with Crippen molar-refractivity contribution in [3.05, 3.63) is 52.1 Å². The van der Waals surface area contributed by atoms with Gasteiger partial charge in [-0.3, -0.25) is 14.2 Å². The Hall–Kier alpha value is -2.67. The highest BCUT2D eigenvalue weighted by Crippen LogP contribution is 2.20. The van der Waals surface area contributed by atoms with Gasteiger partial charge in [-0.15, -0.1) is 0 Å². The molecule has 0 unspecified atom stereocenters. The molecule has 0 bridgehead atoms. The molecular weight excluding hydrogens is 342 g/mol. The lowest BCUT2D eigenvalue weighted by Gasteiger charge is -2.13. The van der Waals surface area contributed by atoms with Crippen LogP contribution >= 0.6 is 0 Å². The van der Waals surface area contributed by atoms with Gasteiger partial charge < -0.3 is 15.5 Å². The van der Waals surface area contributed by atoms with Crippen LogP contribution in [0.1, 0.15) is 35.2 Å². The Morgan fingerprint density at radius 3 is 2.81 bits per heavy atom. The highest BCUT2D eigenvalue weighted by molar-refractivity contribution is 5.95. The average Bonchev–Trinajstić information content (AvgIpc) is 3.44. The topological polar surface area (TPSA) is 79.3 Å². The van der Waals surface area contributed by atoms with Crippen molar-refractivity contribution >= 4 is 11.7 Å². The van der Waals surface area contributed by atoms with Gasteiger partial charge in [0.2, 0.25) is 0 Å². The fourth-order valence-electron chi connectivity index (χ4n) is 2.83. The number of benzene rings is 1. The quantitative estimate of drug-likeness (QED) is 0.694. The Bertz CT molecular complexity index is 871. The number of carbonyl (C=O) groups excluding carboxylic acids is 1. The minimum absolute atomic E-state index is 0.0945. The molecule has 2 N–H and O–H groups in total. The van der Waals surface area contributed by atoms with Crippen LogP contribution in [-0.2, 0) is 0 Å². The second kappa shape index (κ2) is 8.35. The molecule has 1 amide bonds. The average molecular weight is 369 g/mol. The van der Waals surface area contributed by atoms with Crippen LogP contribution in [0.4, 0.5) is 5.82 Å². The van der Waals surface area contributed by atoms with Crippen molar-refractivity contribution in [2.45, 2.75) is 32.2 Å². The van der Waals surface area contributed by atoms with Crippen LogP contribution in [0, 0.1) is 6.92 Å². The second-order valence-electron chi connectivity index (χ2n) is 7.28.